The van der Waals surface area contributed by atoms with E-state index >= 15 is 0 Å². The number of amides is 2. The zero-order valence-corrected chi connectivity index (χ0v) is 15.1. The first-order chi connectivity index (χ1) is 12.7. The molecule has 1 aliphatic heterocycles. The number of hydrogen-bond donors (Lipinski definition) is 2. The molecule has 1 atom stereocenters. The van der Waals surface area contributed by atoms with Gasteiger partial charge in [-0.3, -0.25) is 14.7 Å². The van der Waals surface area contributed by atoms with Crippen LogP contribution in [0.2, 0.25) is 0 Å². The highest BCUT2D eigenvalue weighted by molar-refractivity contribution is 5.97. The monoisotopic (exact) mass is 356 g/mol. The van der Waals surface area contributed by atoms with Crippen LogP contribution in [0.15, 0.2) is 30.3 Å². The molecule has 0 radical (unpaired) electrons. The fourth-order valence-electron chi connectivity index (χ4n) is 3.10. The van der Waals surface area contributed by atoms with Crippen molar-refractivity contribution in [2.75, 3.05) is 19.7 Å². The Morgan fingerprint density at radius 2 is 2.15 bits per heavy atom. The molecule has 0 aliphatic carbocycles. The van der Waals surface area contributed by atoms with E-state index in [2.05, 4.69) is 15.5 Å². The van der Waals surface area contributed by atoms with Crippen LogP contribution in [-0.4, -0.2) is 52.6 Å². The van der Waals surface area contributed by atoms with Crippen molar-refractivity contribution >= 4 is 11.8 Å². The Balaban J connectivity index is 1.84. The van der Waals surface area contributed by atoms with Crippen LogP contribution in [-0.2, 0) is 4.79 Å². The summed E-state index contributed by atoms with van der Waals surface area (Å²) in [5, 5.41) is 9.91. The molecule has 0 unspecified atom stereocenters. The summed E-state index contributed by atoms with van der Waals surface area (Å²) in [5.41, 5.74) is 1.85. The Bertz CT molecular complexity index is 787. The Morgan fingerprint density at radius 3 is 2.92 bits per heavy atom. The summed E-state index contributed by atoms with van der Waals surface area (Å²) in [6.45, 7) is 5.53. The molecule has 0 spiro atoms. The lowest BCUT2D eigenvalue weighted by Crippen LogP contribution is -2.56. The molecule has 7 nitrogen and oxygen atoms in total. The Morgan fingerprint density at radius 1 is 1.35 bits per heavy atom. The average molecular weight is 356 g/mol. The lowest BCUT2D eigenvalue weighted by atomic mass is 10.1. The number of carbonyl (C=O) groups excluding carboxylic acids is 2. The van der Waals surface area contributed by atoms with Crippen molar-refractivity contribution in [3.05, 3.63) is 36.0 Å². The van der Waals surface area contributed by atoms with E-state index < -0.39 is 6.04 Å². The number of aromatic amines is 1. The SMILES string of the molecule is CCCOc1ccccc1-c1cc(C(=O)N2CCNC(=O)[C@@H]2CC)[nH]n1. The maximum Gasteiger partial charge on any atom is 0.272 e. The van der Waals surface area contributed by atoms with E-state index in [-0.39, 0.29) is 11.8 Å². The number of aromatic nitrogens is 2. The summed E-state index contributed by atoms with van der Waals surface area (Å²) in [6, 6.07) is 8.90. The van der Waals surface area contributed by atoms with Gasteiger partial charge in [0.25, 0.3) is 5.91 Å². The molecule has 2 amide bonds. The van der Waals surface area contributed by atoms with Crippen LogP contribution >= 0.6 is 0 Å². The molecule has 2 aromatic rings. The first-order valence-corrected chi connectivity index (χ1v) is 9.02. The molecule has 1 aromatic carbocycles. The maximum atomic E-state index is 12.9. The number of hydrogen-bond acceptors (Lipinski definition) is 4. The van der Waals surface area contributed by atoms with Crippen molar-refractivity contribution in [2.24, 2.45) is 0 Å². The molecule has 0 bridgehead atoms. The second-order valence-corrected chi connectivity index (χ2v) is 6.23. The number of carbonyl (C=O) groups is 2. The zero-order chi connectivity index (χ0) is 18.5. The Labute approximate surface area is 152 Å². The third kappa shape index (κ3) is 3.56. The zero-order valence-electron chi connectivity index (χ0n) is 15.1. The van der Waals surface area contributed by atoms with Gasteiger partial charge in [-0.2, -0.15) is 5.10 Å². The van der Waals surface area contributed by atoms with Gasteiger partial charge in [0, 0.05) is 18.7 Å². The van der Waals surface area contributed by atoms with Crippen LogP contribution in [0.3, 0.4) is 0 Å². The third-order valence-electron chi connectivity index (χ3n) is 4.41. The second kappa shape index (κ2) is 8.03. The van der Waals surface area contributed by atoms with E-state index in [1.165, 1.54) is 0 Å². The smallest absolute Gasteiger partial charge is 0.272 e. The lowest BCUT2D eigenvalue weighted by Gasteiger charge is -2.34. The molecule has 7 heteroatoms. The van der Waals surface area contributed by atoms with Crippen LogP contribution in [0.25, 0.3) is 11.3 Å². The highest BCUT2D eigenvalue weighted by Gasteiger charge is 2.33. The van der Waals surface area contributed by atoms with Gasteiger partial charge in [-0.1, -0.05) is 26.0 Å². The van der Waals surface area contributed by atoms with E-state index in [0.29, 0.717) is 37.5 Å². The number of benzene rings is 1. The second-order valence-electron chi connectivity index (χ2n) is 6.23. The molecule has 1 aliphatic rings. The van der Waals surface area contributed by atoms with Crippen molar-refractivity contribution in [2.45, 2.75) is 32.7 Å². The minimum atomic E-state index is -0.442. The summed E-state index contributed by atoms with van der Waals surface area (Å²) < 4.78 is 5.77. The standard InChI is InChI=1S/C19H24N4O3/c1-3-11-26-17-8-6-5-7-13(17)14-12-15(22-21-14)19(25)23-10-9-20-18(24)16(23)4-2/h5-8,12,16H,3-4,9-11H2,1-2H3,(H,20,24)(H,21,22)/t16-/m0/s1. The number of rotatable bonds is 6. The first-order valence-electron chi connectivity index (χ1n) is 9.02. The van der Waals surface area contributed by atoms with Crippen molar-refractivity contribution < 1.29 is 14.3 Å². The van der Waals surface area contributed by atoms with Crippen molar-refractivity contribution in [3.8, 4) is 17.0 Å². The lowest BCUT2D eigenvalue weighted by molar-refractivity contribution is -0.127. The number of piperazine rings is 1. The van der Waals surface area contributed by atoms with Gasteiger partial charge in [0.2, 0.25) is 5.91 Å². The third-order valence-corrected chi connectivity index (χ3v) is 4.41. The molecule has 0 saturated carbocycles. The van der Waals surface area contributed by atoms with Crippen molar-refractivity contribution in [3.63, 3.8) is 0 Å². The Kier molecular flexibility index (Phi) is 5.55. The molecular formula is C19H24N4O3. The van der Waals surface area contributed by atoms with E-state index in [1.54, 1.807) is 11.0 Å². The highest BCUT2D eigenvalue weighted by atomic mass is 16.5. The molecule has 26 heavy (non-hydrogen) atoms. The summed E-state index contributed by atoms with van der Waals surface area (Å²) in [4.78, 5) is 26.5. The molecule has 2 heterocycles. The van der Waals surface area contributed by atoms with Gasteiger partial charge < -0.3 is 15.0 Å². The summed E-state index contributed by atoms with van der Waals surface area (Å²) in [7, 11) is 0. The summed E-state index contributed by atoms with van der Waals surface area (Å²) in [6.07, 6.45) is 1.49. The molecule has 138 valence electrons. The van der Waals surface area contributed by atoms with Gasteiger partial charge >= 0.3 is 0 Å². The van der Waals surface area contributed by atoms with Crippen molar-refractivity contribution in [1.82, 2.24) is 20.4 Å². The predicted octanol–water partition coefficient (Wildman–Crippen LogP) is 2.22. The molecule has 2 N–H and O–H groups in total. The van der Waals surface area contributed by atoms with Gasteiger partial charge in [0.1, 0.15) is 17.5 Å². The average Bonchev–Trinajstić information content (AvgIpc) is 3.15. The van der Waals surface area contributed by atoms with Gasteiger partial charge in [-0.05, 0) is 31.0 Å². The first kappa shape index (κ1) is 18.0. The molecule has 1 aromatic heterocycles. The number of H-pyrrole nitrogens is 1. The quantitative estimate of drug-likeness (QED) is 0.831. The van der Waals surface area contributed by atoms with Crippen LogP contribution in [0, 0.1) is 0 Å². The van der Waals surface area contributed by atoms with Gasteiger partial charge in [-0.25, -0.2) is 0 Å². The van der Waals surface area contributed by atoms with E-state index in [1.807, 2.05) is 38.1 Å². The number of para-hydroxylation sites is 1. The van der Waals surface area contributed by atoms with E-state index in [0.717, 1.165) is 17.7 Å². The van der Waals surface area contributed by atoms with E-state index in [4.69, 9.17) is 4.74 Å². The maximum absolute atomic E-state index is 12.9. The minimum absolute atomic E-state index is 0.106. The van der Waals surface area contributed by atoms with Crippen molar-refractivity contribution in [1.29, 1.82) is 0 Å². The summed E-state index contributed by atoms with van der Waals surface area (Å²) >= 11 is 0. The fourth-order valence-corrected chi connectivity index (χ4v) is 3.10. The molecule has 3 rings (SSSR count). The largest absolute Gasteiger partial charge is 0.493 e. The Hall–Kier alpha value is -2.83. The van der Waals surface area contributed by atoms with Gasteiger partial charge in [0.05, 0.1) is 12.3 Å². The van der Waals surface area contributed by atoms with Gasteiger partial charge in [0.15, 0.2) is 0 Å². The van der Waals surface area contributed by atoms with Crippen LogP contribution in [0.5, 0.6) is 5.75 Å². The highest BCUT2D eigenvalue weighted by Crippen LogP contribution is 2.29. The van der Waals surface area contributed by atoms with Crippen LogP contribution in [0.1, 0.15) is 37.2 Å². The van der Waals surface area contributed by atoms with Crippen LogP contribution in [0.4, 0.5) is 0 Å². The molecular weight excluding hydrogens is 332 g/mol. The minimum Gasteiger partial charge on any atom is -0.493 e. The number of nitrogens with zero attached hydrogens (tertiary/aromatic N) is 2. The fraction of sp³-hybridized carbons (Fsp3) is 0.421. The van der Waals surface area contributed by atoms with Crippen LogP contribution < -0.4 is 10.1 Å². The topological polar surface area (TPSA) is 87.3 Å². The van der Waals surface area contributed by atoms with E-state index in [9.17, 15) is 9.59 Å². The summed E-state index contributed by atoms with van der Waals surface area (Å²) in [5.74, 6) is 0.422. The van der Waals surface area contributed by atoms with Gasteiger partial charge in [-0.15, -0.1) is 0 Å². The normalized spacial score (nSPS) is 17.1. The molecule has 1 fully saturated rings. The number of nitrogens with one attached hydrogen (secondary N) is 2. The molecule has 1 saturated heterocycles. The predicted molar refractivity (Wildman–Crippen MR) is 97.9 cm³/mol. The number of ether oxygens (including phenoxy) is 1.